The van der Waals surface area contributed by atoms with Crippen LogP contribution in [0, 0.1) is 0 Å². The van der Waals surface area contributed by atoms with Gasteiger partial charge in [-0.25, -0.2) is 4.79 Å². The first-order valence-electron chi connectivity index (χ1n) is 8.16. The Morgan fingerprint density at radius 1 is 1.19 bits per heavy atom. The molecule has 2 fully saturated rings. The highest BCUT2D eigenvalue weighted by atomic mass is 16.2. The van der Waals surface area contributed by atoms with Gasteiger partial charge in [-0.2, -0.15) is 0 Å². The van der Waals surface area contributed by atoms with E-state index in [1.807, 2.05) is 30.3 Å². The van der Waals surface area contributed by atoms with Crippen LogP contribution in [0.25, 0.3) is 0 Å². The first-order valence-corrected chi connectivity index (χ1v) is 8.16. The molecule has 1 aromatic rings. The Hall–Kier alpha value is -1.55. The molecule has 0 spiro atoms. The molecular weight excluding hydrogens is 262 g/mol. The number of benzene rings is 1. The first-order chi connectivity index (χ1) is 10.3. The number of rotatable bonds is 3. The molecule has 2 amide bonds. The lowest BCUT2D eigenvalue weighted by Gasteiger charge is -2.39. The van der Waals surface area contributed by atoms with Crippen molar-refractivity contribution in [2.24, 2.45) is 0 Å². The normalized spacial score (nSPS) is 25.8. The number of hydrogen-bond donors (Lipinski definition) is 2. The maximum atomic E-state index is 12.5. The van der Waals surface area contributed by atoms with Crippen LogP contribution in [-0.4, -0.2) is 36.1 Å². The fourth-order valence-corrected chi connectivity index (χ4v) is 3.54. The molecular formula is C17H25N3O. The van der Waals surface area contributed by atoms with Crippen LogP contribution in [0.2, 0.25) is 0 Å². The van der Waals surface area contributed by atoms with Gasteiger partial charge in [0.2, 0.25) is 0 Å². The average molecular weight is 287 g/mol. The highest BCUT2D eigenvalue weighted by molar-refractivity contribution is 5.74. The van der Waals surface area contributed by atoms with Crippen LogP contribution in [0.5, 0.6) is 0 Å². The van der Waals surface area contributed by atoms with E-state index in [1.165, 1.54) is 19.3 Å². The zero-order valence-corrected chi connectivity index (χ0v) is 12.6. The lowest BCUT2D eigenvalue weighted by atomic mass is 9.95. The minimum atomic E-state index is 0.0947. The molecule has 2 N–H and O–H groups in total. The molecule has 114 valence electrons. The third kappa shape index (κ3) is 3.56. The molecule has 21 heavy (non-hydrogen) atoms. The molecule has 2 aliphatic rings. The summed E-state index contributed by atoms with van der Waals surface area (Å²) in [4.78, 5) is 14.6. The van der Waals surface area contributed by atoms with E-state index in [0.717, 1.165) is 31.5 Å². The van der Waals surface area contributed by atoms with Gasteiger partial charge in [-0.15, -0.1) is 0 Å². The van der Waals surface area contributed by atoms with Crippen molar-refractivity contribution in [3.8, 4) is 0 Å². The molecule has 3 rings (SSSR count). The Morgan fingerprint density at radius 2 is 2.05 bits per heavy atom. The average Bonchev–Trinajstić information content (AvgIpc) is 3.08. The van der Waals surface area contributed by atoms with E-state index in [0.29, 0.717) is 18.6 Å². The van der Waals surface area contributed by atoms with Gasteiger partial charge < -0.3 is 15.5 Å². The maximum Gasteiger partial charge on any atom is 0.317 e. The van der Waals surface area contributed by atoms with Crippen molar-refractivity contribution in [3.05, 3.63) is 35.9 Å². The van der Waals surface area contributed by atoms with Crippen LogP contribution in [0.15, 0.2) is 30.3 Å². The van der Waals surface area contributed by atoms with Crippen LogP contribution in [0.1, 0.15) is 37.7 Å². The Kier molecular flexibility index (Phi) is 4.76. The van der Waals surface area contributed by atoms with Crippen LogP contribution < -0.4 is 10.6 Å². The molecule has 0 aliphatic carbocycles. The van der Waals surface area contributed by atoms with Gasteiger partial charge >= 0.3 is 6.03 Å². The second-order valence-corrected chi connectivity index (χ2v) is 6.10. The largest absolute Gasteiger partial charge is 0.334 e. The van der Waals surface area contributed by atoms with Crippen molar-refractivity contribution in [3.63, 3.8) is 0 Å². The van der Waals surface area contributed by atoms with Crippen molar-refractivity contribution in [1.29, 1.82) is 0 Å². The number of nitrogens with zero attached hydrogens (tertiary/aromatic N) is 1. The molecule has 4 heteroatoms. The van der Waals surface area contributed by atoms with E-state index in [2.05, 4.69) is 15.5 Å². The summed E-state index contributed by atoms with van der Waals surface area (Å²) in [6.07, 6.45) is 5.94. The van der Waals surface area contributed by atoms with E-state index in [4.69, 9.17) is 0 Å². The molecule has 4 nitrogen and oxygen atoms in total. The van der Waals surface area contributed by atoms with Crippen molar-refractivity contribution in [2.45, 2.75) is 50.7 Å². The Bertz CT molecular complexity index is 456. The van der Waals surface area contributed by atoms with Crippen molar-refractivity contribution >= 4 is 6.03 Å². The van der Waals surface area contributed by atoms with Gasteiger partial charge in [0.1, 0.15) is 0 Å². The lowest BCUT2D eigenvalue weighted by Crippen LogP contribution is -2.55. The van der Waals surface area contributed by atoms with Gasteiger partial charge in [0.05, 0.1) is 0 Å². The molecule has 2 heterocycles. The summed E-state index contributed by atoms with van der Waals surface area (Å²) in [6, 6.07) is 11.1. The van der Waals surface area contributed by atoms with Crippen molar-refractivity contribution in [1.82, 2.24) is 15.5 Å². The van der Waals surface area contributed by atoms with Crippen LogP contribution in [-0.2, 0) is 6.54 Å². The predicted molar refractivity (Wildman–Crippen MR) is 84.0 cm³/mol. The molecule has 0 radical (unpaired) electrons. The third-order valence-corrected chi connectivity index (χ3v) is 4.66. The second-order valence-electron chi connectivity index (χ2n) is 6.10. The Labute approximate surface area is 126 Å². The van der Waals surface area contributed by atoms with Crippen LogP contribution in [0.3, 0.4) is 0 Å². The smallest absolute Gasteiger partial charge is 0.317 e. The van der Waals surface area contributed by atoms with E-state index in [-0.39, 0.29) is 6.03 Å². The minimum absolute atomic E-state index is 0.0947. The topological polar surface area (TPSA) is 44.4 Å². The first kappa shape index (κ1) is 14.4. The van der Waals surface area contributed by atoms with Gasteiger partial charge in [0.15, 0.2) is 0 Å². The maximum absolute atomic E-state index is 12.5. The zero-order chi connectivity index (χ0) is 14.5. The zero-order valence-electron chi connectivity index (χ0n) is 12.6. The molecule has 2 unspecified atom stereocenters. The highest BCUT2D eigenvalue weighted by Crippen LogP contribution is 2.24. The summed E-state index contributed by atoms with van der Waals surface area (Å²) in [5, 5.41) is 6.64. The van der Waals surface area contributed by atoms with Gasteiger partial charge in [-0.05, 0) is 44.2 Å². The van der Waals surface area contributed by atoms with Crippen LogP contribution >= 0.6 is 0 Å². The summed E-state index contributed by atoms with van der Waals surface area (Å²) in [5.74, 6) is 0. The number of carbonyl (C=O) groups excluding carboxylic acids is 1. The SMILES string of the molecule is O=C(NCc1ccccc1)N1CCCCC1C1CCCN1. The van der Waals surface area contributed by atoms with E-state index in [1.54, 1.807) is 0 Å². The lowest BCUT2D eigenvalue weighted by molar-refractivity contribution is 0.133. The highest BCUT2D eigenvalue weighted by Gasteiger charge is 2.33. The van der Waals surface area contributed by atoms with E-state index in [9.17, 15) is 4.79 Å². The van der Waals surface area contributed by atoms with Crippen LogP contribution in [0.4, 0.5) is 4.79 Å². The second kappa shape index (κ2) is 6.94. The number of likely N-dealkylation sites (tertiary alicyclic amines) is 1. The van der Waals surface area contributed by atoms with Crippen molar-refractivity contribution in [2.75, 3.05) is 13.1 Å². The molecule has 1 aromatic carbocycles. The molecule has 0 bridgehead atoms. The van der Waals surface area contributed by atoms with Gasteiger partial charge in [-0.3, -0.25) is 0 Å². The fourth-order valence-electron chi connectivity index (χ4n) is 3.54. The number of hydrogen-bond acceptors (Lipinski definition) is 2. The number of carbonyl (C=O) groups is 1. The molecule has 0 aromatic heterocycles. The molecule has 0 saturated carbocycles. The Morgan fingerprint density at radius 3 is 2.81 bits per heavy atom. The third-order valence-electron chi connectivity index (χ3n) is 4.66. The molecule has 2 aliphatic heterocycles. The fraction of sp³-hybridized carbons (Fsp3) is 0.588. The van der Waals surface area contributed by atoms with Gasteiger partial charge in [0, 0.05) is 25.2 Å². The Balaban J connectivity index is 1.58. The van der Waals surface area contributed by atoms with Gasteiger partial charge in [-0.1, -0.05) is 30.3 Å². The number of amides is 2. The van der Waals surface area contributed by atoms with Gasteiger partial charge in [0.25, 0.3) is 0 Å². The predicted octanol–water partition coefficient (Wildman–Crippen LogP) is 2.50. The molecule has 2 atom stereocenters. The summed E-state index contributed by atoms with van der Waals surface area (Å²) in [6.45, 7) is 2.60. The monoisotopic (exact) mass is 287 g/mol. The van der Waals surface area contributed by atoms with E-state index < -0.39 is 0 Å². The minimum Gasteiger partial charge on any atom is -0.334 e. The molecule has 2 saturated heterocycles. The number of piperidine rings is 1. The summed E-state index contributed by atoms with van der Waals surface area (Å²) in [5.41, 5.74) is 1.15. The standard InChI is InChI=1S/C17H25N3O/c21-17(19-13-14-7-2-1-3-8-14)20-12-5-4-10-16(20)15-9-6-11-18-15/h1-3,7-8,15-16,18H,4-6,9-13H2,(H,19,21). The quantitative estimate of drug-likeness (QED) is 0.897. The number of urea groups is 1. The summed E-state index contributed by atoms with van der Waals surface area (Å²) < 4.78 is 0. The summed E-state index contributed by atoms with van der Waals surface area (Å²) in [7, 11) is 0. The summed E-state index contributed by atoms with van der Waals surface area (Å²) >= 11 is 0. The number of nitrogens with one attached hydrogen (secondary N) is 2. The van der Waals surface area contributed by atoms with Crippen molar-refractivity contribution < 1.29 is 4.79 Å². The van der Waals surface area contributed by atoms with E-state index >= 15 is 0 Å².